The molecule has 3 aromatic heterocycles. The second kappa shape index (κ2) is 7.49. The highest BCUT2D eigenvalue weighted by atomic mass is 19.4. The Morgan fingerprint density at radius 3 is 2.73 bits per heavy atom. The highest BCUT2D eigenvalue weighted by Crippen LogP contribution is 2.54. The number of anilines is 1. The van der Waals surface area contributed by atoms with Crippen LogP contribution in [-0.2, 0) is 12.7 Å². The van der Waals surface area contributed by atoms with E-state index in [0.29, 0.717) is 37.4 Å². The van der Waals surface area contributed by atoms with Gasteiger partial charge in [0.15, 0.2) is 5.52 Å². The van der Waals surface area contributed by atoms with E-state index >= 15 is 0 Å². The van der Waals surface area contributed by atoms with Crippen LogP contribution in [-0.4, -0.2) is 43.8 Å². The van der Waals surface area contributed by atoms with E-state index in [4.69, 9.17) is 0 Å². The topological polar surface area (TPSA) is 68.8 Å². The van der Waals surface area contributed by atoms with Crippen molar-refractivity contribution in [2.75, 3.05) is 18.0 Å². The van der Waals surface area contributed by atoms with Gasteiger partial charge in [0.2, 0.25) is 0 Å². The second-order valence-electron chi connectivity index (χ2n) is 8.92. The van der Waals surface area contributed by atoms with Crippen LogP contribution < -0.4 is 10.5 Å². The predicted octanol–water partition coefficient (Wildman–Crippen LogP) is 3.81. The van der Waals surface area contributed by atoms with Gasteiger partial charge in [0, 0.05) is 31.0 Å². The maximum Gasteiger partial charge on any atom is 0.433 e. The number of aromatic nitrogens is 5. The summed E-state index contributed by atoms with van der Waals surface area (Å²) in [6, 6.07) is 2.49. The molecule has 0 N–H and O–H groups in total. The van der Waals surface area contributed by atoms with Crippen molar-refractivity contribution in [2.24, 2.45) is 5.41 Å². The average molecular weight is 468 g/mol. The molecule has 33 heavy (non-hydrogen) atoms. The summed E-state index contributed by atoms with van der Waals surface area (Å²) in [4.78, 5) is 22.9. The van der Waals surface area contributed by atoms with Crippen molar-refractivity contribution >= 4 is 16.7 Å². The molecule has 12 heteroatoms. The Balaban J connectivity index is 1.36. The number of hydrogen-bond donors (Lipinski definition) is 0. The lowest BCUT2D eigenvalue weighted by Crippen LogP contribution is -2.45. The molecule has 2 fully saturated rings. The summed E-state index contributed by atoms with van der Waals surface area (Å²) in [7, 11) is 0. The molecular formula is C21H21F5N6O. The van der Waals surface area contributed by atoms with Crippen molar-refractivity contribution in [1.29, 1.82) is 0 Å². The van der Waals surface area contributed by atoms with Crippen LogP contribution in [0.1, 0.15) is 36.8 Å². The van der Waals surface area contributed by atoms with Gasteiger partial charge in [-0.05, 0) is 43.7 Å². The molecule has 3 aromatic rings. The van der Waals surface area contributed by atoms with Gasteiger partial charge in [0.05, 0.1) is 6.20 Å². The van der Waals surface area contributed by atoms with E-state index in [0.717, 1.165) is 17.2 Å². The van der Waals surface area contributed by atoms with Crippen molar-refractivity contribution in [3.8, 4) is 0 Å². The minimum atomic E-state index is -4.50. The summed E-state index contributed by atoms with van der Waals surface area (Å²) >= 11 is 0. The maximum atomic E-state index is 13.2. The number of aryl methyl sites for hydroxylation is 1. The molecule has 0 radical (unpaired) electrons. The van der Waals surface area contributed by atoms with Crippen LogP contribution in [0, 0.1) is 12.3 Å². The van der Waals surface area contributed by atoms with Crippen molar-refractivity contribution < 1.29 is 22.0 Å². The van der Waals surface area contributed by atoms with Crippen LogP contribution in [0.25, 0.3) is 11.0 Å². The van der Waals surface area contributed by atoms with Crippen LogP contribution in [0.3, 0.4) is 0 Å². The molecule has 0 unspecified atom stereocenters. The molecule has 1 saturated carbocycles. The van der Waals surface area contributed by atoms with Gasteiger partial charge >= 0.3 is 6.18 Å². The fraction of sp³-hybridized carbons (Fsp3) is 0.524. The lowest BCUT2D eigenvalue weighted by molar-refractivity contribution is -0.141. The number of pyridine rings is 1. The Hall–Kier alpha value is -3.05. The molecule has 2 aliphatic rings. The van der Waals surface area contributed by atoms with Crippen LogP contribution in [0.4, 0.5) is 27.6 Å². The van der Waals surface area contributed by atoms with E-state index < -0.39 is 30.4 Å². The molecule has 1 aliphatic carbocycles. The third kappa shape index (κ3) is 3.74. The van der Waals surface area contributed by atoms with Gasteiger partial charge in [-0.15, -0.1) is 0 Å². The van der Waals surface area contributed by atoms with Crippen LogP contribution >= 0.6 is 0 Å². The van der Waals surface area contributed by atoms with Crippen LogP contribution in [0.5, 0.6) is 0 Å². The largest absolute Gasteiger partial charge is 0.433 e. The minimum Gasteiger partial charge on any atom is -0.371 e. The van der Waals surface area contributed by atoms with E-state index in [9.17, 15) is 26.7 Å². The van der Waals surface area contributed by atoms with Gasteiger partial charge in [-0.25, -0.2) is 13.8 Å². The standard InChI is InChI=1S/C21H21F5N6O/c1-12-29-15-9-28-31(10-17(22)23)18(15)19(33)32(12)14-7-20(8-14)3-5-30(11-20)13-2-4-27-16(6-13)21(24,25)26/h2,4,6,9,14,17H,3,5,7-8,10-11H2,1H3. The maximum absolute atomic E-state index is 13.2. The quantitative estimate of drug-likeness (QED) is 0.545. The first-order valence-electron chi connectivity index (χ1n) is 10.6. The smallest absolute Gasteiger partial charge is 0.371 e. The first-order chi connectivity index (χ1) is 15.6. The normalized spacial score (nSPS) is 23.1. The zero-order valence-electron chi connectivity index (χ0n) is 17.7. The van der Waals surface area contributed by atoms with E-state index in [2.05, 4.69) is 15.1 Å². The second-order valence-corrected chi connectivity index (χ2v) is 8.92. The number of nitrogens with zero attached hydrogens (tertiary/aromatic N) is 6. The van der Waals surface area contributed by atoms with Gasteiger partial charge in [0.1, 0.15) is 23.6 Å². The molecule has 1 aliphatic heterocycles. The van der Waals surface area contributed by atoms with Gasteiger partial charge in [0.25, 0.3) is 12.0 Å². The molecule has 1 spiro atoms. The summed E-state index contributed by atoms with van der Waals surface area (Å²) in [5.41, 5.74) is -0.607. The molecule has 1 saturated heterocycles. The van der Waals surface area contributed by atoms with Crippen LogP contribution in [0.15, 0.2) is 29.3 Å². The molecule has 5 rings (SSSR count). The number of alkyl halides is 5. The highest BCUT2D eigenvalue weighted by molar-refractivity contribution is 5.73. The summed E-state index contributed by atoms with van der Waals surface area (Å²) in [5.74, 6) is 0.489. The highest BCUT2D eigenvalue weighted by Gasteiger charge is 2.50. The number of rotatable bonds is 4. The van der Waals surface area contributed by atoms with Gasteiger partial charge in [-0.1, -0.05) is 0 Å². The molecule has 0 amide bonds. The summed E-state index contributed by atoms with van der Waals surface area (Å²) in [6.45, 7) is 2.21. The zero-order valence-corrected chi connectivity index (χ0v) is 17.7. The fourth-order valence-corrected chi connectivity index (χ4v) is 5.25. The first-order valence-corrected chi connectivity index (χ1v) is 10.6. The van der Waals surface area contributed by atoms with E-state index in [1.807, 2.05) is 4.90 Å². The molecule has 7 nitrogen and oxygen atoms in total. The SMILES string of the molecule is Cc1nc2cnn(CC(F)F)c2c(=O)n1C1CC2(CCN(c3ccnc(C(F)(F)F)c3)C2)C1. The van der Waals surface area contributed by atoms with E-state index in [-0.39, 0.29) is 22.5 Å². The summed E-state index contributed by atoms with van der Waals surface area (Å²) in [6.07, 6.45) is -2.55. The van der Waals surface area contributed by atoms with Crippen molar-refractivity contribution in [2.45, 2.75) is 51.4 Å². The molecular weight excluding hydrogens is 447 g/mol. The lowest BCUT2D eigenvalue weighted by Gasteiger charge is -2.46. The number of halogens is 5. The lowest BCUT2D eigenvalue weighted by atomic mass is 9.64. The number of hydrogen-bond acceptors (Lipinski definition) is 5. The van der Waals surface area contributed by atoms with Gasteiger partial charge in [-0.3, -0.25) is 19.0 Å². The third-order valence-corrected chi connectivity index (χ3v) is 6.72. The van der Waals surface area contributed by atoms with Gasteiger partial charge in [-0.2, -0.15) is 18.3 Å². The monoisotopic (exact) mass is 468 g/mol. The Bertz CT molecular complexity index is 1260. The fourth-order valence-electron chi connectivity index (χ4n) is 5.25. The molecule has 4 heterocycles. The molecule has 176 valence electrons. The molecule has 0 aromatic carbocycles. The Morgan fingerprint density at radius 2 is 2.03 bits per heavy atom. The predicted molar refractivity (Wildman–Crippen MR) is 109 cm³/mol. The van der Waals surface area contributed by atoms with Crippen molar-refractivity contribution in [1.82, 2.24) is 24.3 Å². The first kappa shape index (κ1) is 21.8. The number of fused-ring (bicyclic) bond motifs is 1. The Kier molecular flexibility index (Phi) is 4.94. The Morgan fingerprint density at radius 1 is 1.27 bits per heavy atom. The molecule has 0 atom stereocenters. The summed E-state index contributed by atoms with van der Waals surface area (Å²) < 4.78 is 67.4. The van der Waals surface area contributed by atoms with Crippen molar-refractivity contribution in [3.05, 3.63) is 46.4 Å². The third-order valence-electron chi connectivity index (χ3n) is 6.72. The zero-order chi connectivity index (χ0) is 23.5. The van der Waals surface area contributed by atoms with E-state index in [1.165, 1.54) is 12.4 Å². The summed E-state index contributed by atoms with van der Waals surface area (Å²) in [5, 5.41) is 3.89. The molecule has 0 bridgehead atoms. The minimum absolute atomic E-state index is 0.0614. The average Bonchev–Trinajstić information content (AvgIpc) is 3.32. The van der Waals surface area contributed by atoms with Gasteiger partial charge < -0.3 is 4.90 Å². The van der Waals surface area contributed by atoms with Crippen LogP contribution in [0.2, 0.25) is 0 Å². The van der Waals surface area contributed by atoms with Crippen molar-refractivity contribution in [3.63, 3.8) is 0 Å². The van der Waals surface area contributed by atoms with E-state index in [1.54, 1.807) is 17.6 Å². The Labute approximate surface area is 184 Å².